The molecule has 1 saturated heterocycles. The number of piperidine rings is 1. The van der Waals surface area contributed by atoms with Crippen LogP contribution < -0.4 is 5.32 Å². The average Bonchev–Trinajstić information content (AvgIpc) is 2.56. The molecule has 0 saturated carbocycles. The highest BCUT2D eigenvalue weighted by Gasteiger charge is 2.25. The molecule has 2 atom stereocenters. The second-order valence-electron chi connectivity index (χ2n) is 5.48. The fourth-order valence-electron chi connectivity index (χ4n) is 2.84. The molecule has 0 aliphatic carbocycles. The molecule has 0 bridgehead atoms. The zero-order valence-corrected chi connectivity index (χ0v) is 12.7. The zero-order valence-electron chi connectivity index (χ0n) is 12.7. The number of rotatable bonds is 7. The number of nitriles is 1. The smallest absolute Gasteiger partial charge is 0.0991 e. The predicted molar refractivity (Wildman–Crippen MR) is 81.9 cm³/mol. The van der Waals surface area contributed by atoms with E-state index in [2.05, 4.69) is 17.5 Å². The molecule has 0 amide bonds. The maximum atomic E-state index is 9.08. The van der Waals surface area contributed by atoms with E-state index >= 15 is 0 Å². The lowest BCUT2D eigenvalue weighted by atomic mass is 9.88. The Morgan fingerprint density at radius 3 is 3.05 bits per heavy atom. The highest BCUT2D eigenvalue weighted by atomic mass is 16.5. The van der Waals surface area contributed by atoms with Crippen molar-refractivity contribution in [2.45, 2.75) is 25.4 Å². The molecule has 0 radical (unpaired) electrons. The van der Waals surface area contributed by atoms with Gasteiger partial charge in [-0.15, -0.1) is 0 Å². The second kappa shape index (κ2) is 8.78. The van der Waals surface area contributed by atoms with Crippen molar-refractivity contribution in [1.82, 2.24) is 5.32 Å². The van der Waals surface area contributed by atoms with E-state index in [1.807, 2.05) is 18.2 Å². The van der Waals surface area contributed by atoms with Crippen molar-refractivity contribution in [3.8, 4) is 6.07 Å². The van der Waals surface area contributed by atoms with Crippen LogP contribution in [0, 0.1) is 17.2 Å². The summed E-state index contributed by atoms with van der Waals surface area (Å²) in [6, 6.07) is 10.0. The van der Waals surface area contributed by atoms with E-state index in [-0.39, 0.29) is 6.10 Å². The number of hydrogen-bond acceptors (Lipinski definition) is 4. The van der Waals surface area contributed by atoms with Gasteiger partial charge >= 0.3 is 0 Å². The van der Waals surface area contributed by atoms with Crippen molar-refractivity contribution in [2.24, 2.45) is 5.92 Å². The van der Waals surface area contributed by atoms with Crippen LogP contribution in [0.2, 0.25) is 0 Å². The Bertz CT molecular complexity index is 464. The maximum Gasteiger partial charge on any atom is 0.0991 e. The van der Waals surface area contributed by atoms with Gasteiger partial charge in [0.1, 0.15) is 0 Å². The number of nitrogens with zero attached hydrogens (tertiary/aromatic N) is 1. The largest absolute Gasteiger partial charge is 0.385 e. The monoisotopic (exact) mass is 288 g/mol. The van der Waals surface area contributed by atoms with Gasteiger partial charge in [0.05, 0.1) is 17.7 Å². The summed E-state index contributed by atoms with van der Waals surface area (Å²) in [5.74, 6) is 0.468. The van der Waals surface area contributed by atoms with Crippen molar-refractivity contribution in [1.29, 1.82) is 5.26 Å². The Morgan fingerprint density at radius 1 is 1.43 bits per heavy atom. The molecular formula is C17H24N2O2. The van der Waals surface area contributed by atoms with E-state index in [1.54, 1.807) is 7.11 Å². The number of hydrogen-bond donors (Lipinski definition) is 1. The summed E-state index contributed by atoms with van der Waals surface area (Å²) in [7, 11) is 1.71. The van der Waals surface area contributed by atoms with Gasteiger partial charge in [-0.25, -0.2) is 0 Å². The van der Waals surface area contributed by atoms with Crippen LogP contribution in [0.4, 0.5) is 0 Å². The minimum atomic E-state index is 0.0583. The summed E-state index contributed by atoms with van der Waals surface area (Å²) < 4.78 is 11.2. The van der Waals surface area contributed by atoms with E-state index < -0.39 is 0 Å². The molecule has 2 rings (SSSR count). The van der Waals surface area contributed by atoms with Crippen molar-refractivity contribution < 1.29 is 9.47 Å². The van der Waals surface area contributed by atoms with Crippen LogP contribution in [-0.2, 0) is 9.47 Å². The van der Waals surface area contributed by atoms with E-state index in [4.69, 9.17) is 14.7 Å². The SMILES string of the molecule is COCCCO[C@@H](c1cccc(C#N)c1)[C@@H]1CCCNC1. The van der Waals surface area contributed by atoms with Crippen LogP contribution in [0.5, 0.6) is 0 Å². The normalized spacial score (nSPS) is 19.9. The first-order chi connectivity index (χ1) is 10.3. The lowest BCUT2D eigenvalue weighted by Crippen LogP contribution is -2.34. The Morgan fingerprint density at radius 2 is 2.33 bits per heavy atom. The third kappa shape index (κ3) is 4.82. The fraction of sp³-hybridized carbons (Fsp3) is 0.588. The second-order valence-corrected chi connectivity index (χ2v) is 5.48. The molecule has 1 N–H and O–H groups in total. The Kier molecular flexibility index (Phi) is 6.68. The molecule has 0 spiro atoms. The summed E-state index contributed by atoms with van der Waals surface area (Å²) in [5.41, 5.74) is 1.81. The van der Waals surface area contributed by atoms with E-state index in [1.165, 1.54) is 12.8 Å². The Hall–Kier alpha value is -1.41. The van der Waals surface area contributed by atoms with Gasteiger partial charge in [0.15, 0.2) is 0 Å². The predicted octanol–water partition coefficient (Wildman–Crippen LogP) is 2.65. The van der Waals surface area contributed by atoms with Crippen molar-refractivity contribution >= 4 is 0 Å². The number of ether oxygens (including phenoxy) is 2. The number of nitrogens with one attached hydrogen (secondary N) is 1. The summed E-state index contributed by atoms with van der Waals surface area (Å²) in [5, 5.41) is 12.5. The molecule has 4 heteroatoms. The quantitative estimate of drug-likeness (QED) is 0.784. The first-order valence-corrected chi connectivity index (χ1v) is 7.66. The van der Waals surface area contributed by atoms with Gasteiger partial charge in [-0.1, -0.05) is 12.1 Å². The van der Waals surface area contributed by atoms with E-state index in [9.17, 15) is 0 Å². The maximum absolute atomic E-state index is 9.08. The summed E-state index contributed by atoms with van der Waals surface area (Å²) >= 11 is 0. The summed E-state index contributed by atoms with van der Waals surface area (Å²) in [6.45, 7) is 3.47. The standard InChI is InChI=1S/C17H24N2O2/c1-20-9-4-10-21-17(16-7-3-8-19-13-16)15-6-2-5-14(11-15)12-18/h2,5-6,11,16-17,19H,3-4,7-10,13H2,1H3/t16-,17+/m1/s1. The van der Waals surface area contributed by atoms with Gasteiger partial charge in [-0.2, -0.15) is 5.26 Å². The lowest BCUT2D eigenvalue weighted by Gasteiger charge is -2.31. The molecule has 1 aromatic rings. The van der Waals surface area contributed by atoms with Crippen LogP contribution in [0.15, 0.2) is 24.3 Å². The summed E-state index contributed by atoms with van der Waals surface area (Å²) in [4.78, 5) is 0. The average molecular weight is 288 g/mol. The van der Waals surface area contributed by atoms with Crippen LogP contribution in [-0.4, -0.2) is 33.4 Å². The van der Waals surface area contributed by atoms with Gasteiger partial charge in [0.2, 0.25) is 0 Å². The zero-order chi connectivity index (χ0) is 14.9. The third-order valence-corrected chi connectivity index (χ3v) is 3.90. The molecule has 1 aliphatic heterocycles. The molecule has 1 aliphatic rings. The highest BCUT2D eigenvalue weighted by molar-refractivity contribution is 5.34. The molecule has 1 heterocycles. The van der Waals surface area contributed by atoms with E-state index in [0.29, 0.717) is 24.7 Å². The fourth-order valence-corrected chi connectivity index (χ4v) is 2.84. The van der Waals surface area contributed by atoms with Crippen molar-refractivity contribution in [3.05, 3.63) is 35.4 Å². The first-order valence-electron chi connectivity index (χ1n) is 7.66. The van der Waals surface area contributed by atoms with Gasteiger partial charge < -0.3 is 14.8 Å². The summed E-state index contributed by atoms with van der Waals surface area (Å²) in [6.07, 6.45) is 3.30. The third-order valence-electron chi connectivity index (χ3n) is 3.90. The van der Waals surface area contributed by atoms with Gasteiger partial charge in [0.25, 0.3) is 0 Å². The minimum absolute atomic E-state index is 0.0583. The van der Waals surface area contributed by atoms with Crippen LogP contribution in [0.1, 0.15) is 36.5 Å². The Labute approximate surface area is 127 Å². The topological polar surface area (TPSA) is 54.3 Å². The van der Waals surface area contributed by atoms with Gasteiger partial charge in [0, 0.05) is 32.8 Å². The Balaban J connectivity index is 2.07. The highest BCUT2D eigenvalue weighted by Crippen LogP contribution is 2.31. The molecule has 0 aromatic heterocycles. The van der Waals surface area contributed by atoms with Gasteiger partial charge in [-0.3, -0.25) is 0 Å². The van der Waals surface area contributed by atoms with Crippen LogP contribution in [0.25, 0.3) is 0 Å². The first kappa shape index (κ1) is 16.0. The molecule has 21 heavy (non-hydrogen) atoms. The minimum Gasteiger partial charge on any atom is -0.385 e. The number of methoxy groups -OCH3 is 1. The van der Waals surface area contributed by atoms with Crippen molar-refractivity contribution in [2.75, 3.05) is 33.4 Å². The molecular weight excluding hydrogens is 264 g/mol. The molecule has 4 nitrogen and oxygen atoms in total. The lowest BCUT2D eigenvalue weighted by molar-refractivity contribution is -0.00503. The molecule has 114 valence electrons. The van der Waals surface area contributed by atoms with Gasteiger partial charge in [-0.05, 0) is 43.5 Å². The molecule has 0 unspecified atom stereocenters. The molecule has 1 fully saturated rings. The van der Waals surface area contributed by atoms with Crippen LogP contribution >= 0.6 is 0 Å². The number of benzene rings is 1. The molecule has 1 aromatic carbocycles. The van der Waals surface area contributed by atoms with Crippen LogP contribution in [0.3, 0.4) is 0 Å². The van der Waals surface area contributed by atoms with Crippen molar-refractivity contribution in [3.63, 3.8) is 0 Å². The van der Waals surface area contributed by atoms with E-state index in [0.717, 1.165) is 25.1 Å².